The van der Waals surface area contributed by atoms with Gasteiger partial charge in [0.15, 0.2) is 5.69 Å². The number of allylic oxidation sites excluding steroid dienone is 4. The molecule has 2 amide bonds. The maximum atomic E-state index is 12.5. The SMILES string of the molecule is C=C/C=C(\C=C/Cc1nc2ccc(C(=O)NC3CCCC3)cc2[nH]1)NC(=O)c1cc(C)on1. The van der Waals surface area contributed by atoms with E-state index in [-0.39, 0.29) is 23.6 Å². The monoisotopic (exact) mass is 445 g/mol. The number of aryl methyl sites for hydroxylation is 1. The van der Waals surface area contributed by atoms with Gasteiger partial charge >= 0.3 is 0 Å². The van der Waals surface area contributed by atoms with Gasteiger partial charge in [-0.1, -0.05) is 36.7 Å². The first-order valence-corrected chi connectivity index (χ1v) is 11.1. The number of hydrogen-bond acceptors (Lipinski definition) is 5. The minimum Gasteiger partial charge on any atom is -0.361 e. The molecule has 0 bridgehead atoms. The summed E-state index contributed by atoms with van der Waals surface area (Å²) < 4.78 is 4.95. The summed E-state index contributed by atoms with van der Waals surface area (Å²) in [6.45, 7) is 5.41. The van der Waals surface area contributed by atoms with Gasteiger partial charge in [-0.05, 0) is 50.1 Å². The van der Waals surface area contributed by atoms with Gasteiger partial charge in [0.25, 0.3) is 11.8 Å². The van der Waals surface area contributed by atoms with Gasteiger partial charge in [0.05, 0.1) is 11.0 Å². The molecule has 33 heavy (non-hydrogen) atoms. The number of aromatic nitrogens is 3. The van der Waals surface area contributed by atoms with E-state index < -0.39 is 0 Å². The summed E-state index contributed by atoms with van der Waals surface area (Å²) in [7, 11) is 0. The van der Waals surface area contributed by atoms with E-state index in [0.717, 1.165) is 29.7 Å². The predicted molar refractivity (Wildman–Crippen MR) is 126 cm³/mol. The fraction of sp³-hybridized carbons (Fsp3) is 0.280. The maximum Gasteiger partial charge on any atom is 0.277 e. The van der Waals surface area contributed by atoms with Crippen LogP contribution in [0, 0.1) is 6.92 Å². The molecular formula is C25H27N5O3. The van der Waals surface area contributed by atoms with Crippen molar-refractivity contribution in [3.63, 3.8) is 0 Å². The molecule has 1 saturated carbocycles. The third-order valence-corrected chi connectivity index (χ3v) is 5.51. The Hall–Kier alpha value is -3.94. The van der Waals surface area contributed by atoms with Gasteiger partial charge in [0, 0.05) is 29.8 Å². The zero-order valence-corrected chi connectivity index (χ0v) is 18.6. The van der Waals surface area contributed by atoms with E-state index in [1.54, 1.807) is 37.3 Å². The summed E-state index contributed by atoms with van der Waals surface area (Å²) in [5.41, 5.74) is 3.02. The van der Waals surface area contributed by atoms with Gasteiger partial charge in [-0.2, -0.15) is 0 Å². The lowest BCUT2D eigenvalue weighted by molar-refractivity contribution is 0.0935. The third-order valence-electron chi connectivity index (χ3n) is 5.51. The molecule has 0 aliphatic heterocycles. The van der Waals surface area contributed by atoms with E-state index in [0.29, 0.717) is 23.4 Å². The number of fused-ring (bicyclic) bond motifs is 1. The molecule has 0 spiro atoms. The van der Waals surface area contributed by atoms with Crippen molar-refractivity contribution in [2.45, 2.75) is 45.1 Å². The number of carbonyl (C=O) groups is 2. The second-order valence-electron chi connectivity index (χ2n) is 8.11. The van der Waals surface area contributed by atoms with Crippen LogP contribution in [0.4, 0.5) is 0 Å². The van der Waals surface area contributed by atoms with Crippen LogP contribution in [-0.2, 0) is 6.42 Å². The molecule has 4 rings (SSSR count). The van der Waals surface area contributed by atoms with Gasteiger partial charge in [-0.25, -0.2) is 4.98 Å². The summed E-state index contributed by atoms with van der Waals surface area (Å²) in [5, 5.41) is 9.61. The normalized spacial score (nSPS) is 14.8. The minimum atomic E-state index is -0.364. The van der Waals surface area contributed by atoms with Gasteiger partial charge < -0.3 is 20.1 Å². The molecule has 170 valence electrons. The second kappa shape index (κ2) is 10.1. The average molecular weight is 446 g/mol. The van der Waals surface area contributed by atoms with Crippen LogP contribution in [0.3, 0.4) is 0 Å². The lowest BCUT2D eigenvalue weighted by Crippen LogP contribution is -2.32. The summed E-state index contributed by atoms with van der Waals surface area (Å²) in [6, 6.07) is 7.34. The lowest BCUT2D eigenvalue weighted by atomic mass is 10.1. The number of amides is 2. The molecule has 0 atom stereocenters. The minimum absolute atomic E-state index is 0.0444. The maximum absolute atomic E-state index is 12.5. The van der Waals surface area contributed by atoms with Crippen molar-refractivity contribution in [2.75, 3.05) is 0 Å². The number of nitrogens with zero attached hydrogens (tertiary/aromatic N) is 2. The predicted octanol–water partition coefficient (Wildman–Crippen LogP) is 4.13. The fourth-order valence-corrected chi connectivity index (χ4v) is 3.87. The first-order valence-electron chi connectivity index (χ1n) is 11.1. The molecule has 1 aromatic carbocycles. The molecule has 0 unspecified atom stereocenters. The second-order valence-corrected chi connectivity index (χ2v) is 8.11. The Labute approximate surface area is 191 Å². The number of benzene rings is 1. The highest BCUT2D eigenvalue weighted by Crippen LogP contribution is 2.19. The quantitative estimate of drug-likeness (QED) is 0.451. The van der Waals surface area contributed by atoms with Crippen LogP contribution in [-0.4, -0.2) is 33.0 Å². The molecule has 1 aliphatic carbocycles. The number of nitrogens with one attached hydrogen (secondary N) is 3. The van der Waals surface area contributed by atoms with Gasteiger partial charge in [0.2, 0.25) is 0 Å². The van der Waals surface area contributed by atoms with Crippen LogP contribution in [0.2, 0.25) is 0 Å². The van der Waals surface area contributed by atoms with Crippen molar-refractivity contribution in [2.24, 2.45) is 0 Å². The molecule has 2 heterocycles. The molecule has 3 aromatic rings. The van der Waals surface area contributed by atoms with E-state index in [4.69, 9.17) is 4.52 Å². The third kappa shape index (κ3) is 5.65. The lowest BCUT2D eigenvalue weighted by Gasteiger charge is -2.11. The largest absolute Gasteiger partial charge is 0.361 e. The highest BCUT2D eigenvalue weighted by Gasteiger charge is 2.18. The number of carbonyl (C=O) groups excluding carboxylic acids is 2. The number of imidazole rings is 1. The molecule has 8 nitrogen and oxygen atoms in total. The van der Waals surface area contributed by atoms with E-state index in [1.807, 2.05) is 18.2 Å². The Bertz CT molecular complexity index is 1230. The number of rotatable bonds is 8. The fourth-order valence-electron chi connectivity index (χ4n) is 3.87. The van der Waals surface area contributed by atoms with Crippen molar-refractivity contribution in [1.82, 2.24) is 25.8 Å². The van der Waals surface area contributed by atoms with Crippen LogP contribution in [0.15, 0.2) is 65.4 Å². The first kappa shape index (κ1) is 22.3. The summed E-state index contributed by atoms with van der Waals surface area (Å²) >= 11 is 0. The summed E-state index contributed by atoms with van der Waals surface area (Å²) in [5.74, 6) is 0.911. The van der Waals surface area contributed by atoms with Gasteiger partial charge in [-0.15, -0.1) is 0 Å². The zero-order chi connectivity index (χ0) is 23.2. The standard InChI is InChI=1S/C25H27N5O3/c1-3-7-18(27-25(32)22-14-16(2)33-30-22)10-6-11-23-28-20-13-12-17(15-21(20)29-23)24(31)26-19-8-4-5-9-19/h3,6-7,10,12-15,19H,1,4-5,8-9,11H2,2H3,(H,26,31)(H,27,32)(H,28,29)/b10-6-,18-7+. The highest BCUT2D eigenvalue weighted by molar-refractivity contribution is 5.97. The summed E-state index contributed by atoms with van der Waals surface area (Å²) in [6.07, 6.45) is 11.9. The van der Waals surface area contributed by atoms with E-state index in [9.17, 15) is 9.59 Å². The average Bonchev–Trinajstić information content (AvgIpc) is 3.54. The van der Waals surface area contributed by atoms with Gasteiger partial charge in [0.1, 0.15) is 11.6 Å². The van der Waals surface area contributed by atoms with Crippen molar-refractivity contribution < 1.29 is 14.1 Å². The zero-order valence-electron chi connectivity index (χ0n) is 18.6. The number of H-pyrrole nitrogens is 1. The molecule has 2 aromatic heterocycles. The molecule has 0 radical (unpaired) electrons. The van der Waals surface area contributed by atoms with Crippen molar-refractivity contribution in [3.05, 3.63) is 83.7 Å². The van der Waals surface area contributed by atoms with Crippen molar-refractivity contribution in [3.8, 4) is 0 Å². The summed E-state index contributed by atoms with van der Waals surface area (Å²) in [4.78, 5) is 32.7. The van der Waals surface area contributed by atoms with E-state index in [1.165, 1.54) is 12.8 Å². The molecule has 8 heteroatoms. The van der Waals surface area contributed by atoms with E-state index >= 15 is 0 Å². The molecular weight excluding hydrogens is 418 g/mol. The Balaban J connectivity index is 1.39. The molecule has 3 N–H and O–H groups in total. The van der Waals surface area contributed by atoms with Crippen molar-refractivity contribution in [1.29, 1.82) is 0 Å². The molecule has 1 aliphatic rings. The number of hydrogen-bond donors (Lipinski definition) is 3. The van der Waals surface area contributed by atoms with Crippen LogP contribution in [0.1, 0.15) is 58.1 Å². The Morgan fingerprint density at radius 1 is 1.24 bits per heavy atom. The Morgan fingerprint density at radius 2 is 2.06 bits per heavy atom. The van der Waals surface area contributed by atoms with E-state index in [2.05, 4.69) is 32.3 Å². The first-order chi connectivity index (χ1) is 16.0. The molecule has 0 saturated heterocycles. The van der Waals surface area contributed by atoms with Crippen molar-refractivity contribution >= 4 is 22.8 Å². The topological polar surface area (TPSA) is 113 Å². The van der Waals surface area contributed by atoms with Crippen LogP contribution in [0.25, 0.3) is 11.0 Å². The van der Waals surface area contributed by atoms with Crippen LogP contribution < -0.4 is 10.6 Å². The molecule has 1 fully saturated rings. The number of aromatic amines is 1. The van der Waals surface area contributed by atoms with Gasteiger partial charge in [-0.3, -0.25) is 9.59 Å². The smallest absolute Gasteiger partial charge is 0.277 e. The highest BCUT2D eigenvalue weighted by atomic mass is 16.5. The Morgan fingerprint density at radius 3 is 2.79 bits per heavy atom. The van der Waals surface area contributed by atoms with Crippen LogP contribution >= 0.6 is 0 Å². The Kier molecular flexibility index (Phi) is 6.83. The van der Waals surface area contributed by atoms with Crippen LogP contribution in [0.5, 0.6) is 0 Å².